The van der Waals surface area contributed by atoms with Crippen molar-refractivity contribution in [3.05, 3.63) is 29.8 Å². The zero-order valence-corrected chi connectivity index (χ0v) is 11.9. The summed E-state index contributed by atoms with van der Waals surface area (Å²) in [6.45, 7) is 5.97. The molecule has 19 heavy (non-hydrogen) atoms. The molecule has 4 heteroatoms. The van der Waals surface area contributed by atoms with E-state index in [2.05, 4.69) is 17.5 Å². The summed E-state index contributed by atoms with van der Waals surface area (Å²) in [5.41, 5.74) is 4.45. The molecular weight excluding hydrogens is 240 g/mol. The van der Waals surface area contributed by atoms with E-state index in [-0.39, 0.29) is 12.5 Å². The van der Waals surface area contributed by atoms with Gasteiger partial charge in [-0.05, 0) is 38.3 Å². The second-order valence-electron chi connectivity index (χ2n) is 4.54. The first-order valence-corrected chi connectivity index (χ1v) is 6.64. The third-order valence-corrected chi connectivity index (χ3v) is 2.72. The standard InChI is InChI=1S/C15H22N2O2/c1-4-5-9-13(3)16-17-15(18)11-19-14-10-7-6-8-12(14)2/h6-8,10H,4-5,9,11H2,1-3H3,(H,17,18)/b16-13+. The molecule has 0 heterocycles. The minimum atomic E-state index is -0.237. The molecule has 4 nitrogen and oxygen atoms in total. The highest BCUT2D eigenvalue weighted by Crippen LogP contribution is 2.15. The van der Waals surface area contributed by atoms with E-state index in [1.165, 1.54) is 0 Å². The SMILES string of the molecule is CCCC/C(C)=N/NC(=O)COc1ccccc1C. The number of unbranched alkanes of at least 4 members (excludes halogenated alkanes) is 1. The van der Waals surface area contributed by atoms with Crippen molar-refractivity contribution in [2.45, 2.75) is 40.0 Å². The van der Waals surface area contributed by atoms with Crippen LogP contribution in [0.5, 0.6) is 5.75 Å². The van der Waals surface area contributed by atoms with Crippen LogP contribution in [0.4, 0.5) is 0 Å². The van der Waals surface area contributed by atoms with E-state index in [0.717, 1.165) is 36.3 Å². The van der Waals surface area contributed by atoms with Crippen molar-refractivity contribution in [2.24, 2.45) is 5.10 Å². The van der Waals surface area contributed by atoms with Crippen LogP contribution in [0.1, 0.15) is 38.7 Å². The first-order chi connectivity index (χ1) is 9.13. The van der Waals surface area contributed by atoms with E-state index in [4.69, 9.17) is 4.74 Å². The maximum Gasteiger partial charge on any atom is 0.277 e. The summed E-state index contributed by atoms with van der Waals surface area (Å²) in [7, 11) is 0. The van der Waals surface area contributed by atoms with Crippen molar-refractivity contribution >= 4 is 11.6 Å². The molecule has 104 valence electrons. The third-order valence-electron chi connectivity index (χ3n) is 2.72. The summed E-state index contributed by atoms with van der Waals surface area (Å²) in [5.74, 6) is 0.489. The van der Waals surface area contributed by atoms with Crippen LogP contribution in [-0.2, 0) is 4.79 Å². The van der Waals surface area contributed by atoms with Crippen molar-refractivity contribution in [1.82, 2.24) is 5.43 Å². The predicted molar refractivity (Wildman–Crippen MR) is 77.5 cm³/mol. The molecule has 1 amide bonds. The molecule has 0 saturated heterocycles. The Labute approximate surface area is 114 Å². The molecule has 1 rings (SSSR count). The number of hydrazone groups is 1. The fourth-order valence-corrected chi connectivity index (χ4v) is 1.54. The number of rotatable bonds is 7. The Morgan fingerprint density at radius 3 is 2.79 bits per heavy atom. The molecule has 0 spiro atoms. The van der Waals surface area contributed by atoms with Crippen LogP contribution in [-0.4, -0.2) is 18.2 Å². The Kier molecular flexibility index (Phi) is 6.64. The quantitative estimate of drug-likeness (QED) is 0.606. The number of aryl methyl sites for hydroxylation is 1. The molecule has 0 unspecified atom stereocenters. The largest absolute Gasteiger partial charge is 0.483 e. The molecule has 0 radical (unpaired) electrons. The number of amides is 1. The number of benzene rings is 1. The van der Waals surface area contributed by atoms with Gasteiger partial charge in [-0.3, -0.25) is 4.79 Å². The van der Waals surface area contributed by atoms with Crippen LogP contribution in [0.15, 0.2) is 29.4 Å². The molecule has 1 aromatic carbocycles. The summed E-state index contributed by atoms with van der Waals surface area (Å²) in [4.78, 5) is 11.6. The molecule has 0 aliphatic carbocycles. The zero-order chi connectivity index (χ0) is 14.1. The lowest BCUT2D eigenvalue weighted by atomic mass is 10.2. The normalized spacial score (nSPS) is 11.2. The summed E-state index contributed by atoms with van der Waals surface area (Å²) >= 11 is 0. The van der Waals surface area contributed by atoms with Gasteiger partial charge in [0, 0.05) is 5.71 Å². The molecule has 0 atom stereocenters. The first-order valence-electron chi connectivity index (χ1n) is 6.64. The fourth-order valence-electron chi connectivity index (χ4n) is 1.54. The van der Waals surface area contributed by atoms with E-state index in [1.54, 1.807) is 0 Å². The molecule has 0 aliphatic rings. The highest BCUT2D eigenvalue weighted by molar-refractivity contribution is 5.84. The van der Waals surface area contributed by atoms with Gasteiger partial charge in [-0.2, -0.15) is 5.10 Å². The molecule has 0 saturated carbocycles. The van der Waals surface area contributed by atoms with Crippen molar-refractivity contribution < 1.29 is 9.53 Å². The van der Waals surface area contributed by atoms with Crippen LogP contribution >= 0.6 is 0 Å². The second-order valence-corrected chi connectivity index (χ2v) is 4.54. The number of hydrogen-bond donors (Lipinski definition) is 1. The van der Waals surface area contributed by atoms with Gasteiger partial charge in [-0.25, -0.2) is 5.43 Å². The second kappa shape index (κ2) is 8.29. The van der Waals surface area contributed by atoms with Crippen molar-refractivity contribution in [3.8, 4) is 5.75 Å². The van der Waals surface area contributed by atoms with Gasteiger partial charge in [0.1, 0.15) is 5.75 Å². The predicted octanol–water partition coefficient (Wildman–Crippen LogP) is 3.06. The lowest BCUT2D eigenvalue weighted by Crippen LogP contribution is -2.25. The monoisotopic (exact) mass is 262 g/mol. The smallest absolute Gasteiger partial charge is 0.277 e. The molecule has 0 fully saturated rings. The molecule has 0 bridgehead atoms. The summed E-state index contributed by atoms with van der Waals surface area (Å²) in [6.07, 6.45) is 3.12. The van der Waals surface area contributed by atoms with Gasteiger partial charge in [0.2, 0.25) is 0 Å². The molecular formula is C15H22N2O2. The highest BCUT2D eigenvalue weighted by Gasteiger charge is 2.03. The van der Waals surface area contributed by atoms with Crippen molar-refractivity contribution in [1.29, 1.82) is 0 Å². The number of carbonyl (C=O) groups is 1. The topological polar surface area (TPSA) is 50.7 Å². The van der Waals surface area contributed by atoms with Crippen LogP contribution in [0.2, 0.25) is 0 Å². The first kappa shape index (κ1) is 15.2. The summed E-state index contributed by atoms with van der Waals surface area (Å²) < 4.78 is 5.43. The van der Waals surface area contributed by atoms with Gasteiger partial charge in [-0.1, -0.05) is 31.5 Å². The van der Waals surface area contributed by atoms with Gasteiger partial charge < -0.3 is 4.74 Å². The van der Waals surface area contributed by atoms with E-state index >= 15 is 0 Å². The Bertz CT molecular complexity index is 442. The average Bonchev–Trinajstić information content (AvgIpc) is 2.42. The van der Waals surface area contributed by atoms with E-state index in [9.17, 15) is 4.79 Å². The average molecular weight is 262 g/mol. The highest BCUT2D eigenvalue weighted by atomic mass is 16.5. The van der Waals surface area contributed by atoms with Crippen LogP contribution < -0.4 is 10.2 Å². The fraction of sp³-hybridized carbons (Fsp3) is 0.467. The Morgan fingerprint density at radius 1 is 1.37 bits per heavy atom. The minimum Gasteiger partial charge on any atom is -0.483 e. The molecule has 1 aromatic rings. The number of carbonyl (C=O) groups excluding carboxylic acids is 1. The lowest BCUT2D eigenvalue weighted by Gasteiger charge is -2.07. The van der Waals surface area contributed by atoms with Gasteiger partial charge in [0.05, 0.1) is 0 Å². The summed E-state index contributed by atoms with van der Waals surface area (Å²) in [5, 5.41) is 4.03. The van der Waals surface area contributed by atoms with Crippen molar-refractivity contribution in [2.75, 3.05) is 6.61 Å². The number of nitrogens with zero attached hydrogens (tertiary/aromatic N) is 1. The van der Waals surface area contributed by atoms with Gasteiger partial charge >= 0.3 is 0 Å². The Morgan fingerprint density at radius 2 is 2.11 bits per heavy atom. The van der Waals surface area contributed by atoms with E-state index < -0.39 is 0 Å². The van der Waals surface area contributed by atoms with E-state index in [0.29, 0.717) is 0 Å². The maximum atomic E-state index is 11.6. The Hall–Kier alpha value is -1.84. The molecule has 1 N–H and O–H groups in total. The minimum absolute atomic E-state index is 0.0184. The molecule has 0 aromatic heterocycles. The van der Waals surface area contributed by atoms with Crippen LogP contribution in [0.3, 0.4) is 0 Å². The number of para-hydroxylation sites is 1. The van der Waals surface area contributed by atoms with Gasteiger partial charge in [0.15, 0.2) is 6.61 Å². The van der Waals surface area contributed by atoms with Gasteiger partial charge in [-0.15, -0.1) is 0 Å². The van der Waals surface area contributed by atoms with Crippen LogP contribution in [0, 0.1) is 6.92 Å². The van der Waals surface area contributed by atoms with Crippen LogP contribution in [0.25, 0.3) is 0 Å². The zero-order valence-electron chi connectivity index (χ0n) is 11.9. The lowest BCUT2D eigenvalue weighted by molar-refractivity contribution is -0.123. The third kappa shape index (κ3) is 6.04. The molecule has 0 aliphatic heterocycles. The maximum absolute atomic E-state index is 11.6. The number of hydrogen-bond acceptors (Lipinski definition) is 3. The van der Waals surface area contributed by atoms with Gasteiger partial charge in [0.25, 0.3) is 5.91 Å². The Balaban J connectivity index is 2.34. The van der Waals surface area contributed by atoms with Crippen molar-refractivity contribution in [3.63, 3.8) is 0 Å². The van der Waals surface area contributed by atoms with E-state index in [1.807, 2.05) is 38.1 Å². The number of nitrogens with one attached hydrogen (secondary N) is 1. The summed E-state index contributed by atoms with van der Waals surface area (Å²) in [6, 6.07) is 7.61. The number of ether oxygens (including phenoxy) is 1.